The van der Waals surface area contributed by atoms with E-state index in [9.17, 15) is 9.59 Å². The van der Waals surface area contributed by atoms with Crippen LogP contribution in [0.15, 0.2) is 42.6 Å². The van der Waals surface area contributed by atoms with Crippen molar-refractivity contribution in [3.05, 3.63) is 53.7 Å². The van der Waals surface area contributed by atoms with Gasteiger partial charge in [0, 0.05) is 38.2 Å². The summed E-state index contributed by atoms with van der Waals surface area (Å²) in [6.45, 7) is 4.01. The zero-order valence-electron chi connectivity index (χ0n) is 13.8. The molecule has 0 aliphatic heterocycles. The molecule has 1 heterocycles. The molecule has 2 rings (SSSR count). The molecule has 126 valence electrons. The third kappa shape index (κ3) is 5.39. The molecule has 2 aromatic rings. The second-order valence-corrected chi connectivity index (χ2v) is 5.34. The van der Waals surface area contributed by atoms with Crippen molar-refractivity contribution in [2.45, 2.75) is 26.8 Å². The van der Waals surface area contributed by atoms with Crippen LogP contribution in [0.3, 0.4) is 0 Å². The van der Waals surface area contributed by atoms with Crippen molar-refractivity contribution in [3.63, 3.8) is 0 Å². The van der Waals surface area contributed by atoms with Gasteiger partial charge in [-0.2, -0.15) is 0 Å². The molecule has 6 heteroatoms. The highest BCUT2D eigenvalue weighted by molar-refractivity contribution is 5.77. The van der Waals surface area contributed by atoms with Gasteiger partial charge in [0.15, 0.2) is 0 Å². The second-order valence-electron chi connectivity index (χ2n) is 5.34. The molecule has 1 aromatic carbocycles. The Labute approximate surface area is 141 Å². The minimum atomic E-state index is -0.149. The average Bonchev–Trinajstić information content (AvgIpc) is 2.56. The molecule has 0 fully saturated rings. The molecule has 0 aliphatic carbocycles. The summed E-state index contributed by atoms with van der Waals surface area (Å²) in [5.74, 6) is 0.904. The Morgan fingerprint density at radius 2 is 1.92 bits per heavy atom. The Morgan fingerprint density at radius 3 is 2.67 bits per heavy atom. The van der Waals surface area contributed by atoms with Gasteiger partial charge in [0.25, 0.3) is 0 Å². The fourth-order valence-corrected chi connectivity index (χ4v) is 2.06. The third-order valence-corrected chi connectivity index (χ3v) is 3.35. The van der Waals surface area contributed by atoms with Crippen LogP contribution in [0.1, 0.15) is 24.5 Å². The highest BCUT2D eigenvalue weighted by atomic mass is 16.5. The van der Waals surface area contributed by atoms with Crippen molar-refractivity contribution < 1.29 is 14.3 Å². The molecular formula is C18H21N3O3. The second kappa shape index (κ2) is 8.67. The molecule has 6 nitrogen and oxygen atoms in total. The minimum Gasteiger partial charge on any atom is -0.438 e. The zero-order valence-corrected chi connectivity index (χ0v) is 13.8. The van der Waals surface area contributed by atoms with E-state index in [2.05, 4.69) is 15.6 Å². The Bertz CT molecular complexity index is 716. The molecule has 0 aliphatic rings. The Balaban J connectivity index is 1.95. The van der Waals surface area contributed by atoms with Gasteiger partial charge in [-0.05, 0) is 24.6 Å². The van der Waals surface area contributed by atoms with E-state index in [4.69, 9.17) is 4.74 Å². The molecular weight excluding hydrogens is 306 g/mol. The highest BCUT2D eigenvalue weighted by Crippen LogP contribution is 2.25. The van der Waals surface area contributed by atoms with Gasteiger partial charge in [0.1, 0.15) is 5.75 Å². The lowest BCUT2D eigenvalue weighted by Crippen LogP contribution is -2.29. The monoisotopic (exact) mass is 327 g/mol. The summed E-state index contributed by atoms with van der Waals surface area (Å²) in [7, 11) is 0. The van der Waals surface area contributed by atoms with E-state index in [1.54, 1.807) is 12.3 Å². The van der Waals surface area contributed by atoms with Crippen LogP contribution in [0.25, 0.3) is 0 Å². The predicted molar refractivity (Wildman–Crippen MR) is 90.6 cm³/mol. The van der Waals surface area contributed by atoms with Gasteiger partial charge in [-0.15, -0.1) is 0 Å². The molecule has 0 spiro atoms. The maximum absolute atomic E-state index is 11.8. The lowest BCUT2D eigenvalue weighted by atomic mass is 10.2. The largest absolute Gasteiger partial charge is 0.438 e. The fraction of sp³-hybridized carbons (Fsp3) is 0.278. The molecule has 0 atom stereocenters. The van der Waals surface area contributed by atoms with E-state index in [0.717, 1.165) is 16.9 Å². The highest BCUT2D eigenvalue weighted by Gasteiger charge is 2.09. The number of hydrogen-bond donors (Lipinski definition) is 2. The van der Waals surface area contributed by atoms with Crippen molar-refractivity contribution in [2.24, 2.45) is 0 Å². The van der Waals surface area contributed by atoms with Crippen LogP contribution in [0.4, 0.5) is 0 Å². The van der Waals surface area contributed by atoms with Crippen LogP contribution in [-0.4, -0.2) is 23.3 Å². The number of para-hydroxylation sites is 1. The number of aromatic nitrogens is 1. The number of hydrogen-bond acceptors (Lipinski definition) is 4. The molecule has 2 N–H and O–H groups in total. The number of amides is 2. The van der Waals surface area contributed by atoms with E-state index in [1.165, 1.54) is 6.92 Å². The van der Waals surface area contributed by atoms with Crippen LogP contribution in [0, 0.1) is 6.92 Å². The maximum Gasteiger partial charge on any atom is 0.224 e. The summed E-state index contributed by atoms with van der Waals surface area (Å²) in [5, 5.41) is 5.39. The van der Waals surface area contributed by atoms with E-state index < -0.39 is 0 Å². The molecule has 24 heavy (non-hydrogen) atoms. The van der Waals surface area contributed by atoms with Gasteiger partial charge >= 0.3 is 0 Å². The topological polar surface area (TPSA) is 80.3 Å². The molecule has 0 radical (unpaired) electrons. The summed E-state index contributed by atoms with van der Waals surface area (Å²) in [6, 6.07) is 11.3. The summed E-state index contributed by atoms with van der Waals surface area (Å²) >= 11 is 0. The van der Waals surface area contributed by atoms with Gasteiger partial charge in [0.05, 0.1) is 0 Å². The van der Waals surface area contributed by atoms with Crippen LogP contribution in [-0.2, 0) is 16.1 Å². The molecule has 0 saturated heterocycles. The number of benzene rings is 1. The first-order valence-electron chi connectivity index (χ1n) is 7.75. The van der Waals surface area contributed by atoms with Crippen molar-refractivity contribution in [1.29, 1.82) is 0 Å². The van der Waals surface area contributed by atoms with Crippen LogP contribution in [0.2, 0.25) is 0 Å². The van der Waals surface area contributed by atoms with Crippen molar-refractivity contribution in [1.82, 2.24) is 15.6 Å². The van der Waals surface area contributed by atoms with Crippen molar-refractivity contribution >= 4 is 11.8 Å². The number of carbonyl (C=O) groups is 2. The van der Waals surface area contributed by atoms with E-state index in [0.29, 0.717) is 19.0 Å². The van der Waals surface area contributed by atoms with Gasteiger partial charge < -0.3 is 15.4 Å². The van der Waals surface area contributed by atoms with E-state index >= 15 is 0 Å². The van der Waals surface area contributed by atoms with Gasteiger partial charge in [-0.25, -0.2) is 4.98 Å². The lowest BCUT2D eigenvalue weighted by molar-refractivity contribution is -0.121. The summed E-state index contributed by atoms with van der Waals surface area (Å²) in [4.78, 5) is 26.8. The number of rotatable bonds is 7. The van der Waals surface area contributed by atoms with E-state index in [1.807, 2.05) is 37.3 Å². The zero-order chi connectivity index (χ0) is 17.4. The number of nitrogens with zero attached hydrogens (tertiary/aromatic N) is 1. The summed E-state index contributed by atoms with van der Waals surface area (Å²) in [6.07, 6.45) is 1.88. The third-order valence-electron chi connectivity index (χ3n) is 3.35. The van der Waals surface area contributed by atoms with Gasteiger partial charge in [-0.3, -0.25) is 9.59 Å². The summed E-state index contributed by atoms with van der Waals surface area (Å²) in [5.41, 5.74) is 1.79. The molecule has 1 aromatic heterocycles. The van der Waals surface area contributed by atoms with Crippen molar-refractivity contribution in [3.8, 4) is 11.6 Å². The SMILES string of the molecule is CC(=O)NCCC(=O)NCc1cccnc1Oc1ccccc1C. The normalized spacial score (nSPS) is 10.1. The number of nitrogens with one attached hydrogen (secondary N) is 2. The predicted octanol–water partition coefficient (Wildman–Crippen LogP) is 2.32. The van der Waals surface area contributed by atoms with Crippen molar-refractivity contribution in [2.75, 3.05) is 6.54 Å². The first-order valence-corrected chi connectivity index (χ1v) is 7.75. The van der Waals surface area contributed by atoms with Crippen LogP contribution >= 0.6 is 0 Å². The Morgan fingerprint density at radius 1 is 1.12 bits per heavy atom. The van der Waals surface area contributed by atoms with Gasteiger partial charge in [-0.1, -0.05) is 24.3 Å². The molecule has 0 saturated carbocycles. The smallest absolute Gasteiger partial charge is 0.224 e. The van der Waals surface area contributed by atoms with Crippen LogP contribution < -0.4 is 15.4 Å². The maximum atomic E-state index is 11.8. The van der Waals surface area contributed by atoms with E-state index in [-0.39, 0.29) is 18.2 Å². The first kappa shape index (κ1) is 17.5. The minimum absolute atomic E-state index is 0.144. The number of ether oxygens (including phenoxy) is 1. The van der Waals surface area contributed by atoms with Gasteiger partial charge in [0.2, 0.25) is 17.7 Å². The quantitative estimate of drug-likeness (QED) is 0.818. The molecule has 2 amide bonds. The Kier molecular flexibility index (Phi) is 6.31. The molecule has 0 bridgehead atoms. The fourth-order valence-electron chi connectivity index (χ4n) is 2.06. The number of aryl methyl sites for hydroxylation is 1. The first-order chi connectivity index (χ1) is 11.6. The Hall–Kier alpha value is -2.89. The van der Waals surface area contributed by atoms with Crippen LogP contribution in [0.5, 0.6) is 11.6 Å². The lowest BCUT2D eigenvalue weighted by Gasteiger charge is -2.12. The molecule has 0 unspecified atom stereocenters. The average molecular weight is 327 g/mol. The standard InChI is InChI=1S/C18H21N3O3/c1-13-6-3-4-8-16(13)24-18-15(7-5-10-20-18)12-21-17(23)9-11-19-14(2)22/h3-8,10H,9,11-12H2,1-2H3,(H,19,22)(H,21,23). The number of carbonyl (C=O) groups excluding carboxylic acids is 2. The number of pyridine rings is 1. The summed E-state index contributed by atoms with van der Waals surface area (Å²) < 4.78 is 5.87.